The summed E-state index contributed by atoms with van der Waals surface area (Å²) < 4.78 is 72.9. The molecule has 0 fully saturated rings. The molecule has 9 heteroatoms. The Kier molecular flexibility index (Phi) is 3.33. The van der Waals surface area contributed by atoms with Gasteiger partial charge in [0.25, 0.3) is 0 Å². The second-order valence-electron chi connectivity index (χ2n) is 6.44. The van der Waals surface area contributed by atoms with Crippen LogP contribution < -0.4 is 10.5 Å². The van der Waals surface area contributed by atoms with E-state index in [1.54, 1.807) is 0 Å². The van der Waals surface area contributed by atoms with E-state index in [1.165, 1.54) is 12.1 Å². The molecule has 0 amide bonds. The number of halogens is 3. The van der Waals surface area contributed by atoms with Crippen LogP contribution in [0.3, 0.4) is 0 Å². The molecule has 5 nitrogen and oxygen atoms in total. The molecule has 2 aliphatic rings. The van der Waals surface area contributed by atoms with Crippen LogP contribution in [-0.2, 0) is 15.4 Å². The summed E-state index contributed by atoms with van der Waals surface area (Å²) in [6.45, 7) is 10.7. The molecule has 1 aliphatic heterocycles. The molecule has 0 aromatic heterocycles. The largest absolute Gasteiger partial charge is 0.458 e. The smallest absolute Gasteiger partial charge is 0.371 e. The van der Waals surface area contributed by atoms with Crippen molar-refractivity contribution in [2.75, 3.05) is 0 Å². The summed E-state index contributed by atoms with van der Waals surface area (Å²) in [5, 5.41) is -4.19. The van der Waals surface area contributed by atoms with Crippen molar-refractivity contribution >= 4 is 21.1 Å². The minimum atomic E-state index is -4.95. The Morgan fingerprint density at radius 3 is 2.63 bits per heavy atom. The first-order chi connectivity index (χ1) is 12.5. The van der Waals surface area contributed by atoms with Crippen LogP contribution in [0.2, 0.25) is 0 Å². The quantitative estimate of drug-likeness (QED) is 0.781. The van der Waals surface area contributed by atoms with Gasteiger partial charge in [0.15, 0.2) is 5.69 Å². The molecule has 4 rings (SSSR count). The Balaban J connectivity index is 1.93. The van der Waals surface area contributed by atoms with Gasteiger partial charge in [0, 0.05) is 23.6 Å². The van der Waals surface area contributed by atoms with Gasteiger partial charge in [-0.25, -0.2) is 17.7 Å². The topological polar surface area (TPSA) is 73.8 Å². The molecule has 0 bridgehead atoms. The lowest BCUT2D eigenvalue weighted by molar-refractivity contribution is 0.0147. The highest BCUT2D eigenvalue weighted by Crippen LogP contribution is 2.62. The van der Waals surface area contributed by atoms with Crippen molar-refractivity contribution in [2.45, 2.75) is 22.1 Å². The lowest BCUT2D eigenvalue weighted by Gasteiger charge is -2.26. The molecular weight excluding hydrogens is 381 g/mol. The third kappa shape index (κ3) is 2.05. The summed E-state index contributed by atoms with van der Waals surface area (Å²) in [7, 11) is -4.95. The molecule has 0 saturated heterocycles. The fourth-order valence-electron chi connectivity index (χ4n) is 3.61. The summed E-state index contributed by atoms with van der Waals surface area (Å²) in [4.78, 5) is 2.56. The molecule has 1 heterocycles. The van der Waals surface area contributed by atoms with Gasteiger partial charge >= 0.3 is 5.25 Å². The van der Waals surface area contributed by atoms with E-state index in [0.29, 0.717) is 0 Å². The Labute approximate surface area is 152 Å². The van der Waals surface area contributed by atoms with Crippen LogP contribution in [0.1, 0.15) is 17.5 Å². The van der Waals surface area contributed by atoms with E-state index >= 15 is 0 Å². The predicted molar refractivity (Wildman–Crippen MR) is 90.8 cm³/mol. The molecule has 2 aromatic rings. The summed E-state index contributed by atoms with van der Waals surface area (Å²) in [5.41, 5.74) is 3.44. The van der Waals surface area contributed by atoms with Crippen molar-refractivity contribution in [2.24, 2.45) is 5.73 Å². The van der Waals surface area contributed by atoms with Crippen molar-refractivity contribution in [3.05, 3.63) is 65.3 Å². The maximum Gasteiger partial charge on any atom is 0.371 e. The molecule has 0 saturated carbocycles. The lowest BCUT2D eigenvalue weighted by atomic mass is 9.93. The standard InChI is InChI=1S/C18H11F3N2O3S/c1-9-8-17(22)16-14(27(24,25)18(17,20)21)4-3-13(15(9)16)26-12-6-10(19)5-11(7-12)23-2/h3-7H,1,8,22H2. The molecule has 1 unspecified atom stereocenters. The number of nitrogens with two attached hydrogens (primary N) is 1. The Bertz CT molecular complexity index is 1190. The average Bonchev–Trinajstić information content (AvgIpc) is 2.92. The lowest BCUT2D eigenvalue weighted by Crippen LogP contribution is -2.50. The fourth-order valence-corrected chi connectivity index (χ4v) is 5.34. The zero-order valence-corrected chi connectivity index (χ0v) is 14.4. The van der Waals surface area contributed by atoms with Gasteiger partial charge in [-0.15, -0.1) is 0 Å². The number of alkyl halides is 2. The number of sulfone groups is 1. The predicted octanol–water partition coefficient (Wildman–Crippen LogP) is 4.12. The van der Waals surface area contributed by atoms with Crippen molar-refractivity contribution in [3.63, 3.8) is 0 Å². The van der Waals surface area contributed by atoms with E-state index in [1.807, 2.05) is 0 Å². The van der Waals surface area contributed by atoms with Gasteiger partial charge in [-0.2, -0.15) is 8.78 Å². The van der Waals surface area contributed by atoms with Crippen LogP contribution in [0.5, 0.6) is 11.5 Å². The maximum atomic E-state index is 14.6. The molecule has 0 radical (unpaired) electrons. The average molecular weight is 392 g/mol. The maximum absolute atomic E-state index is 14.6. The normalized spacial score (nSPS) is 23.7. The second kappa shape index (κ2) is 5.12. The van der Waals surface area contributed by atoms with Crippen LogP contribution in [0.15, 0.2) is 41.8 Å². The highest BCUT2D eigenvalue weighted by Gasteiger charge is 2.71. The first kappa shape index (κ1) is 17.6. The van der Waals surface area contributed by atoms with Gasteiger partial charge in [0.2, 0.25) is 9.84 Å². The molecule has 1 atom stereocenters. The minimum absolute atomic E-state index is 0.0105. The first-order valence-corrected chi connectivity index (χ1v) is 9.14. The number of hydrogen-bond acceptors (Lipinski definition) is 4. The zero-order valence-electron chi connectivity index (χ0n) is 13.6. The molecule has 1 aliphatic carbocycles. The van der Waals surface area contributed by atoms with Gasteiger partial charge in [0.05, 0.1) is 11.5 Å². The van der Waals surface area contributed by atoms with E-state index in [0.717, 1.165) is 18.2 Å². The van der Waals surface area contributed by atoms with Crippen molar-refractivity contribution in [1.29, 1.82) is 0 Å². The molecular formula is C18H11F3N2O3S. The highest BCUT2D eigenvalue weighted by molar-refractivity contribution is 7.93. The number of hydrogen-bond donors (Lipinski definition) is 1. The summed E-state index contributed by atoms with van der Waals surface area (Å²) >= 11 is 0. The van der Waals surface area contributed by atoms with Crippen LogP contribution in [0.4, 0.5) is 18.9 Å². The third-order valence-corrected chi connectivity index (χ3v) is 6.74. The van der Waals surface area contributed by atoms with E-state index in [2.05, 4.69) is 11.4 Å². The summed E-state index contributed by atoms with van der Waals surface area (Å²) in [6, 6.07) is 5.51. The Hall–Kier alpha value is -2.83. The number of rotatable bonds is 2. The van der Waals surface area contributed by atoms with E-state index < -0.39 is 37.8 Å². The SMILES string of the molecule is [C-]#[N+]c1cc(F)cc(Oc2ccc3c4c2C(=C)CC4(N)C(F)(F)S3(=O)=O)c1. The van der Waals surface area contributed by atoms with Gasteiger partial charge in [-0.1, -0.05) is 6.58 Å². The molecule has 2 N–H and O–H groups in total. The van der Waals surface area contributed by atoms with Crippen molar-refractivity contribution in [3.8, 4) is 11.5 Å². The summed E-state index contributed by atoms with van der Waals surface area (Å²) in [6.07, 6.45) is -0.460. The number of benzene rings is 2. The fraction of sp³-hybridized carbons (Fsp3) is 0.167. The molecule has 0 spiro atoms. The summed E-state index contributed by atoms with van der Waals surface area (Å²) in [5.74, 6) is -0.732. The molecule has 2 aromatic carbocycles. The van der Waals surface area contributed by atoms with Gasteiger partial charge in [0.1, 0.15) is 22.9 Å². The van der Waals surface area contributed by atoms with Crippen LogP contribution in [0.25, 0.3) is 10.4 Å². The van der Waals surface area contributed by atoms with Crippen LogP contribution in [0, 0.1) is 12.4 Å². The van der Waals surface area contributed by atoms with E-state index in [4.69, 9.17) is 17.0 Å². The van der Waals surface area contributed by atoms with Crippen molar-refractivity contribution < 1.29 is 26.3 Å². The molecule has 138 valence electrons. The van der Waals surface area contributed by atoms with E-state index in [9.17, 15) is 21.6 Å². The second-order valence-corrected chi connectivity index (χ2v) is 8.40. The van der Waals surface area contributed by atoms with E-state index in [-0.39, 0.29) is 33.9 Å². The Morgan fingerprint density at radius 2 is 1.96 bits per heavy atom. The van der Waals surface area contributed by atoms with Gasteiger partial charge in [-0.3, -0.25) is 0 Å². The Morgan fingerprint density at radius 1 is 1.26 bits per heavy atom. The van der Waals surface area contributed by atoms with Crippen molar-refractivity contribution in [1.82, 2.24) is 0 Å². The number of nitrogens with zero attached hydrogens (tertiary/aromatic N) is 1. The third-order valence-electron chi connectivity index (χ3n) is 4.78. The van der Waals surface area contributed by atoms with Gasteiger partial charge < -0.3 is 10.5 Å². The van der Waals surface area contributed by atoms with Crippen LogP contribution >= 0.6 is 0 Å². The zero-order chi connectivity index (χ0) is 19.8. The van der Waals surface area contributed by atoms with Crippen LogP contribution in [-0.4, -0.2) is 13.7 Å². The van der Waals surface area contributed by atoms with Gasteiger partial charge in [-0.05, 0) is 29.8 Å². The number of ether oxygens (including phenoxy) is 1. The highest BCUT2D eigenvalue weighted by atomic mass is 32.2. The minimum Gasteiger partial charge on any atom is -0.458 e. The first-order valence-electron chi connectivity index (χ1n) is 7.66. The monoisotopic (exact) mass is 392 g/mol. The molecule has 27 heavy (non-hydrogen) atoms.